The molecule has 0 aliphatic carbocycles. The first-order valence-corrected chi connectivity index (χ1v) is 4.98. The van der Waals surface area contributed by atoms with E-state index in [1.54, 1.807) is 0 Å². The molecule has 0 aromatic heterocycles. The maximum Gasteiger partial charge on any atom is 0.118 e. The molecule has 1 saturated heterocycles. The molecule has 13 heavy (non-hydrogen) atoms. The van der Waals surface area contributed by atoms with Crippen molar-refractivity contribution >= 4 is 6.21 Å². The van der Waals surface area contributed by atoms with E-state index in [0.717, 1.165) is 6.54 Å². The standard InChI is InChI=1S/C10H20N2O/c1-7(2)12-6-9(4)13-10(12)8(3)5-11/h5,7-11H,6H2,1-4H3. The van der Waals surface area contributed by atoms with E-state index in [1.807, 2.05) is 6.92 Å². The van der Waals surface area contributed by atoms with E-state index in [1.165, 1.54) is 6.21 Å². The van der Waals surface area contributed by atoms with Crippen LogP contribution in [-0.4, -0.2) is 36.0 Å². The largest absolute Gasteiger partial charge is 0.358 e. The Balaban J connectivity index is 2.65. The van der Waals surface area contributed by atoms with Crippen LogP contribution in [-0.2, 0) is 4.74 Å². The van der Waals surface area contributed by atoms with Crippen molar-refractivity contribution in [2.45, 2.75) is 46.1 Å². The Morgan fingerprint density at radius 1 is 1.46 bits per heavy atom. The Morgan fingerprint density at radius 2 is 2.08 bits per heavy atom. The minimum Gasteiger partial charge on any atom is -0.358 e. The minimum atomic E-state index is 0.104. The normalized spacial score (nSPS) is 32.4. The molecule has 3 nitrogen and oxygen atoms in total. The van der Waals surface area contributed by atoms with Crippen molar-refractivity contribution in [3.8, 4) is 0 Å². The number of rotatable bonds is 3. The zero-order chi connectivity index (χ0) is 10.0. The van der Waals surface area contributed by atoms with Gasteiger partial charge in [-0.1, -0.05) is 6.92 Å². The fraction of sp³-hybridized carbons (Fsp3) is 0.900. The van der Waals surface area contributed by atoms with Crippen molar-refractivity contribution in [3.05, 3.63) is 0 Å². The van der Waals surface area contributed by atoms with E-state index in [4.69, 9.17) is 10.1 Å². The van der Waals surface area contributed by atoms with Crippen molar-refractivity contribution in [2.75, 3.05) is 6.54 Å². The minimum absolute atomic E-state index is 0.104. The second-order valence-corrected chi connectivity index (χ2v) is 4.15. The first-order chi connectivity index (χ1) is 6.06. The van der Waals surface area contributed by atoms with Gasteiger partial charge in [0, 0.05) is 24.7 Å². The summed E-state index contributed by atoms with van der Waals surface area (Å²) in [6.45, 7) is 9.45. The Hall–Kier alpha value is -0.410. The molecule has 1 aliphatic rings. The van der Waals surface area contributed by atoms with Crippen LogP contribution in [0.1, 0.15) is 27.7 Å². The van der Waals surface area contributed by atoms with Crippen molar-refractivity contribution in [1.82, 2.24) is 4.90 Å². The van der Waals surface area contributed by atoms with Gasteiger partial charge < -0.3 is 10.1 Å². The van der Waals surface area contributed by atoms with E-state index in [-0.39, 0.29) is 12.1 Å². The third-order valence-electron chi connectivity index (χ3n) is 2.54. The monoisotopic (exact) mass is 184 g/mol. The van der Waals surface area contributed by atoms with Crippen molar-refractivity contribution < 1.29 is 4.74 Å². The molecule has 0 amide bonds. The lowest BCUT2D eigenvalue weighted by Crippen LogP contribution is -2.40. The molecule has 1 heterocycles. The number of nitrogens with one attached hydrogen (secondary N) is 1. The molecule has 1 fully saturated rings. The van der Waals surface area contributed by atoms with Gasteiger partial charge >= 0.3 is 0 Å². The Kier molecular flexibility index (Phi) is 3.45. The summed E-state index contributed by atoms with van der Waals surface area (Å²) in [4.78, 5) is 2.32. The summed E-state index contributed by atoms with van der Waals surface area (Å²) in [5.74, 6) is 0.187. The second kappa shape index (κ2) is 4.20. The fourth-order valence-corrected chi connectivity index (χ4v) is 1.77. The molecule has 0 aromatic carbocycles. The summed E-state index contributed by atoms with van der Waals surface area (Å²) in [6.07, 6.45) is 1.88. The quantitative estimate of drug-likeness (QED) is 0.678. The lowest BCUT2D eigenvalue weighted by atomic mass is 10.1. The lowest BCUT2D eigenvalue weighted by molar-refractivity contribution is -0.0216. The number of nitrogens with zero attached hydrogens (tertiary/aromatic N) is 1. The molecule has 1 rings (SSSR count). The topological polar surface area (TPSA) is 36.3 Å². The van der Waals surface area contributed by atoms with Crippen LogP contribution in [0, 0.1) is 11.3 Å². The van der Waals surface area contributed by atoms with Crippen LogP contribution < -0.4 is 0 Å². The van der Waals surface area contributed by atoms with E-state index in [0.29, 0.717) is 12.1 Å². The average Bonchev–Trinajstić information content (AvgIpc) is 2.46. The van der Waals surface area contributed by atoms with Crippen LogP contribution in [0.5, 0.6) is 0 Å². The molecule has 0 spiro atoms. The average molecular weight is 184 g/mol. The smallest absolute Gasteiger partial charge is 0.118 e. The van der Waals surface area contributed by atoms with Gasteiger partial charge in [0.25, 0.3) is 0 Å². The summed E-state index contributed by atoms with van der Waals surface area (Å²) in [7, 11) is 0. The summed E-state index contributed by atoms with van der Waals surface area (Å²) in [5.41, 5.74) is 0. The highest BCUT2D eigenvalue weighted by Crippen LogP contribution is 2.23. The van der Waals surface area contributed by atoms with Gasteiger partial charge in [0.15, 0.2) is 0 Å². The van der Waals surface area contributed by atoms with Gasteiger partial charge in [-0.05, 0) is 20.8 Å². The Bertz CT molecular complexity index is 182. The summed E-state index contributed by atoms with van der Waals surface area (Å²) in [6, 6.07) is 0.498. The zero-order valence-corrected chi connectivity index (χ0v) is 8.95. The first-order valence-electron chi connectivity index (χ1n) is 4.98. The highest BCUT2D eigenvalue weighted by Gasteiger charge is 2.34. The first kappa shape index (κ1) is 10.7. The highest BCUT2D eigenvalue weighted by atomic mass is 16.5. The molecule has 3 heteroatoms. The predicted molar refractivity (Wildman–Crippen MR) is 54.1 cm³/mol. The predicted octanol–water partition coefficient (Wildman–Crippen LogP) is 1.73. The van der Waals surface area contributed by atoms with Gasteiger partial charge in [0.2, 0.25) is 0 Å². The van der Waals surface area contributed by atoms with Gasteiger partial charge in [0.1, 0.15) is 6.23 Å². The molecule has 0 bridgehead atoms. The zero-order valence-electron chi connectivity index (χ0n) is 8.95. The van der Waals surface area contributed by atoms with Crippen LogP contribution in [0.4, 0.5) is 0 Å². The SMILES string of the molecule is CC1CN(C(C)C)C(C(C)C=N)O1. The highest BCUT2D eigenvalue weighted by molar-refractivity contribution is 5.57. The molecule has 3 unspecified atom stereocenters. The molecule has 1 aliphatic heterocycles. The van der Waals surface area contributed by atoms with E-state index >= 15 is 0 Å². The van der Waals surface area contributed by atoms with Crippen molar-refractivity contribution in [3.63, 3.8) is 0 Å². The van der Waals surface area contributed by atoms with Gasteiger partial charge in [-0.15, -0.1) is 0 Å². The van der Waals surface area contributed by atoms with Crippen LogP contribution in [0.25, 0.3) is 0 Å². The van der Waals surface area contributed by atoms with Crippen LogP contribution in [0.2, 0.25) is 0 Å². The number of ether oxygens (including phenoxy) is 1. The maximum atomic E-state index is 7.24. The molecule has 3 atom stereocenters. The molecule has 0 saturated carbocycles. The number of hydrogen-bond donors (Lipinski definition) is 1. The van der Waals surface area contributed by atoms with Gasteiger partial charge in [-0.3, -0.25) is 4.90 Å². The Labute approximate surface area is 80.6 Å². The second-order valence-electron chi connectivity index (χ2n) is 4.15. The van der Waals surface area contributed by atoms with E-state index < -0.39 is 0 Å². The molecule has 76 valence electrons. The molecule has 1 N–H and O–H groups in total. The van der Waals surface area contributed by atoms with Gasteiger partial charge in [0.05, 0.1) is 6.10 Å². The van der Waals surface area contributed by atoms with Crippen LogP contribution in [0.3, 0.4) is 0 Å². The maximum absolute atomic E-state index is 7.24. The lowest BCUT2D eigenvalue weighted by Gasteiger charge is -2.28. The van der Waals surface area contributed by atoms with Crippen molar-refractivity contribution in [1.29, 1.82) is 5.41 Å². The molecular formula is C10H20N2O. The van der Waals surface area contributed by atoms with E-state index in [9.17, 15) is 0 Å². The fourth-order valence-electron chi connectivity index (χ4n) is 1.77. The third kappa shape index (κ3) is 2.29. The van der Waals surface area contributed by atoms with Crippen LogP contribution in [0.15, 0.2) is 0 Å². The third-order valence-corrected chi connectivity index (χ3v) is 2.54. The number of hydrogen-bond acceptors (Lipinski definition) is 3. The summed E-state index contributed by atoms with van der Waals surface area (Å²) >= 11 is 0. The van der Waals surface area contributed by atoms with Crippen molar-refractivity contribution in [2.24, 2.45) is 5.92 Å². The van der Waals surface area contributed by atoms with E-state index in [2.05, 4.69) is 25.7 Å². The summed E-state index contributed by atoms with van der Waals surface area (Å²) in [5, 5.41) is 7.24. The Morgan fingerprint density at radius 3 is 2.54 bits per heavy atom. The van der Waals surface area contributed by atoms with Crippen LogP contribution >= 0.6 is 0 Å². The molecule has 0 radical (unpaired) electrons. The molecular weight excluding hydrogens is 164 g/mol. The summed E-state index contributed by atoms with van der Waals surface area (Å²) < 4.78 is 5.76. The molecule has 0 aromatic rings. The van der Waals surface area contributed by atoms with Gasteiger partial charge in [-0.2, -0.15) is 0 Å². The van der Waals surface area contributed by atoms with Gasteiger partial charge in [-0.25, -0.2) is 0 Å².